The molecule has 1 aromatic heterocycles. The Morgan fingerprint density at radius 1 is 1.15 bits per heavy atom. The topological polar surface area (TPSA) is 112 Å². The van der Waals surface area contributed by atoms with Gasteiger partial charge in [-0.3, -0.25) is 9.59 Å². The molecule has 0 saturated heterocycles. The fourth-order valence-electron chi connectivity index (χ4n) is 2.51. The van der Waals surface area contributed by atoms with Crippen molar-refractivity contribution < 1.29 is 14.3 Å². The van der Waals surface area contributed by atoms with E-state index in [1.165, 1.54) is 19.1 Å². The summed E-state index contributed by atoms with van der Waals surface area (Å²) >= 11 is 0. The summed E-state index contributed by atoms with van der Waals surface area (Å²) in [6.45, 7) is 1.42. The van der Waals surface area contributed by atoms with Crippen LogP contribution in [0, 0.1) is 11.3 Å². The zero-order valence-corrected chi connectivity index (χ0v) is 14.4. The van der Waals surface area contributed by atoms with E-state index in [-0.39, 0.29) is 5.69 Å². The van der Waals surface area contributed by atoms with Crippen LogP contribution >= 0.6 is 0 Å². The van der Waals surface area contributed by atoms with Crippen molar-refractivity contribution >= 4 is 28.3 Å². The summed E-state index contributed by atoms with van der Waals surface area (Å²) in [6, 6.07) is 16.7. The standard InChI is InChI=1S/C20H15N3O4/c1-12(18(24)22-15-7-4-5-13(9-15)11-21)27-20(26)17-10-14-6-2-3-8-16(14)19(25)23-17/h2-10,12H,1H3,(H,22,24)(H,23,25)/t12-/m0/s1. The summed E-state index contributed by atoms with van der Waals surface area (Å²) in [5.74, 6) is -1.37. The molecule has 7 nitrogen and oxygen atoms in total. The molecule has 2 aromatic carbocycles. The van der Waals surface area contributed by atoms with Crippen molar-refractivity contribution in [3.8, 4) is 6.07 Å². The lowest BCUT2D eigenvalue weighted by atomic mass is 10.1. The number of carbonyl (C=O) groups is 2. The zero-order valence-electron chi connectivity index (χ0n) is 14.4. The van der Waals surface area contributed by atoms with Gasteiger partial charge in [0, 0.05) is 11.1 Å². The van der Waals surface area contributed by atoms with Crippen LogP contribution in [0.5, 0.6) is 0 Å². The largest absolute Gasteiger partial charge is 0.448 e. The molecule has 134 valence electrons. The van der Waals surface area contributed by atoms with E-state index >= 15 is 0 Å². The quantitative estimate of drug-likeness (QED) is 0.694. The number of nitrogens with zero attached hydrogens (tertiary/aromatic N) is 1. The second-order valence-corrected chi connectivity index (χ2v) is 5.83. The van der Waals surface area contributed by atoms with Crippen molar-refractivity contribution in [1.82, 2.24) is 4.98 Å². The number of aromatic amines is 1. The fourth-order valence-corrected chi connectivity index (χ4v) is 2.51. The average Bonchev–Trinajstić information content (AvgIpc) is 2.68. The fraction of sp³-hybridized carbons (Fsp3) is 0.100. The molecular weight excluding hydrogens is 346 g/mol. The molecule has 1 amide bonds. The molecule has 0 spiro atoms. The number of hydrogen-bond acceptors (Lipinski definition) is 5. The third kappa shape index (κ3) is 4.02. The van der Waals surface area contributed by atoms with Crippen molar-refractivity contribution in [3.05, 3.63) is 76.2 Å². The highest BCUT2D eigenvalue weighted by molar-refractivity contribution is 5.98. The van der Waals surface area contributed by atoms with E-state index in [2.05, 4.69) is 10.3 Å². The highest BCUT2D eigenvalue weighted by Crippen LogP contribution is 2.13. The van der Waals surface area contributed by atoms with Crippen molar-refractivity contribution in [2.75, 3.05) is 5.32 Å². The minimum Gasteiger partial charge on any atom is -0.448 e. The second kappa shape index (κ2) is 7.54. The Kier molecular flexibility index (Phi) is 4.99. The molecule has 0 saturated carbocycles. The molecule has 27 heavy (non-hydrogen) atoms. The molecule has 3 aromatic rings. The van der Waals surface area contributed by atoms with E-state index in [9.17, 15) is 14.4 Å². The molecule has 1 atom stereocenters. The zero-order chi connectivity index (χ0) is 19.4. The monoisotopic (exact) mass is 361 g/mol. The number of H-pyrrole nitrogens is 1. The third-order valence-electron chi connectivity index (χ3n) is 3.89. The van der Waals surface area contributed by atoms with Gasteiger partial charge in [0.2, 0.25) is 0 Å². The van der Waals surface area contributed by atoms with Crippen LogP contribution < -0.4 is 10.9 Å². The van der Waals surface area contributed by atoms with Crippen LogP contribution in [0.25, 0.3) is 10.8 Å². The van der Waals surface area contributed by atoms with Gasteiger partial charge in [-0.05, 0) is 42.6 Å². The Balaban J connectivity index is 1.72. The van der Waals surface area contributed by atoms with E-state index < -0.39 is 23.5 Å². The number of carbonyl (C=O) groups excluding carboxylic acids is 2. The molecule has 0 unspecified atom stereocenters. The first-order valence-electron chi connectivity index (χ1n) is 8.12. The maximum atomic E-state index is 12.3. The number of nitrogens with one attached hydrogen (secondary N) is 2. The number of benzene rings is 2. The third-order valence-corrected chi connectivity index (χ3v) is 3.89. The number of anilines is 1. The highest BCUT2D eigenvalue weighted by atomic mass is 16.5. The van der Waals surface area contributed by atoms with E-state index in [0.717, 1.165) is 0 Å². The number of rotatable bonds is 4. The predicted molar refractivity (Wildman–Crippen MR) is 99.2 cm³/mol. The van der Waals surface area contributed by atoms with Gasteiger partial charge in [-0.25, -0.2) is 4.79 Å². The highest BCUT2D eigenvalue weighted by Gasteiger charge is 2.20. The number of pyridine rings is 1. The van der Waals surface area contributed by atoms with Gasteiger partial charge in [0.1, 0.15) is 5.69 Å². The molecular formula is C20H15N3O4. The summed E-state index contributed by atoms with van der Waals surface area (Å²) in [5, 5.41) is 12.5. The number of amides is 1. The molecule has 3 rings (SSSR count). The Morgan fingerprint density at radius 3 is 2.70 bits per heavy atom. The van der Waals surface area contributed by atoms with E-state index in [0.29, 0.717) is 22.0 Å². The first kappa shape index (κ1) is 17.9. The molecule has 0 aliphatic carbocycles. The van der Waals surface area contributed by atoms with Gasteiger partial charge in [-0.1, -0.05) is 24.3 Å². The number of esters is 1. The lowest BCUT2D eigenvalue weighted by Gasteiger charge is -2.13. The second-order valence-electron chi connectivity index (χ2n) is 5.83. The predicted octanol–water partition coefficient (Wildman–Crippen LogP) is 2.58. The molecule has 2 N–H and O–H groups in total. The van der Waals surface area contributed by atoms with Crippen molar-refractivity contribution in [1.29, 1.82) is 5.26 Å². The van der Waals surface area contributed by atoms with Gasteiger partial charge < -0.3 is 15.0 Å². The van der Waals surface area contributed by atoms with Gasteiger partial charge >= 0.3 is 5.97 Å². The minimum absolute atomic E-state index is 0.0372. The number of fused-ring (bicyclic) bond motifs is 1. The summed E-state index contributed by atoms with van der Waals surface area (Å²) in [4.78, 5) is 39.0. The number of hydrogen-bond donors (Lipinski definition) is 2. The van der Waals surface area contributed by atoms with Gasteiger partial charge in [-0.15, -0.1) is 0 Å². The summed E-state index contributed by atoms with van der Waals surface area (Å²) in [6.07, 6.45) is -1.10. The van der Waals surface area contributed by atoms with Gasteiger partial charge in [0.05, 0.1) is 11.6 Å². The number of aromatic nitrogens is 1. The van der Waals surface area contributed by atoms with E-state index in [4.69, 9.17) is 10.00 Å². The Morgan fingerprint density at radius 2 is 1.93 bits per heavy atom. The summed E-state index contributed by atoms with van der Waals surface area (Å²) in [7, 11) is 0. The Bertz CT molecular complexity index is 1130. The lowest BCUT2D eigenvalue weighted by Crippen LogP contribution is -2.30. The van der Waals surface area contributed by atoms with Gasteiger partial charge in [-0.2, -0.15) is 5.26 Å². The van der Waals surface area contributed by atoms with Gasteiger partial charge in [0.15, 0.2) is 6.10 Å². The Labute approximate surface area is 154 Å². The molecule has 1 heterocycles. The van der Waals surface area contributed by atoms with Crippen LogP contribution in [-0.4, -0.2) is 23.0 Å². The van der Waals surface area contributed by atoms with Gasteiger partial charge in [0.25, 0.3) is 11.5 Å². The van der Waals surface area contributed by atoms with Crippen LogP contribution in [0.1, 0.15) is 23.0 Å². The first-order valence-corrected chi connectivity index (χ1v) is 8.12. The van der Waals surface area contributed by atoms with Crippen molar-refractivity contribution in [3.63, 3.8) is 0 Å². The maximum absolute atomic E-state index is 12.3. The molecule has 7 heteroatoms. The summed E-state index contributed by atoms with van der Waals surface area (Å²) in [5.41, 5.74) is 0.363. The molecule has 0 radical (unpaired) electrons. The SMILES string of the molecule is C[C@H](OC(=O)c1cc2ccccc2c(=O)[nH]1)C(=O)Nc1cccc(C#N)c1. The van der Waals surface area contributed by atoms with E-state index in [1.807, 2.05) is 6.07 Å². The number of ether oxygens (including phenoxy) is 1. The van der Waals surface area contributed by atoms with E-state index in [1.54, 1.807) is 42.5 Å². The van der Waals surface area contributed by atoms with Crippen molar-refractivity contribution in [2.45, 2.75) is 13.0 Å². The van der Waals surface area contributed by atoms with Crippen LogP contribution in [0.2, 0.25) is 0 Å². The lowest BCUT2D eigenvalue weighted by molar-refractivity contribution is -0.123. The smallest absolute Gasteiger partial charge is 0.355 e. The minimum atomic E-state index is -1.10. The van der Waals surface area contributed by atoms with Crippen LogP contribution in [-0.2, 0) is 9.53 Å². The van der Waals surface area contributed by atoms with Crippen LogP contribution in [0.15, 0.2) is 59.4 Å². The molecule has 0 aliphatic heterocycles. The number of nitriles is 1. The van der Waals surface area contributed by atoms with Crippen LogP contribution in [0.3, 0.4) is 0 Å². The molecule has 0 bridgehead atoms. The van der Waals surface area contributed by atoms with Crippen molar-refractivity contribution in [2.24, 2.45) is 0 Å². The molecule has 0 aliphatic rings. The first-order chi connectivity index (χ1) is 13.0. The molecule has 0 fully saturated rings. The Hall–Kier alpha value is -3.92. The maximum Gasteiger partial charge on any atom is 0.355 e. The average molecular weight is 361 g/mol. The summed E-state index contributed by atoms with van der Waals surface area (Å²) < 4.78 is 5.14. The normalized spacial score (nSPS) is 11.4. The van der Waals surface area contributed by atoms with Crippen LogP contribution in [0.4, 0.5) is 5.69 Å².